The smallest absolute Gasteiger partial charge is 0.241 e. The van der Waals surface area contributed by atoms with Crippen molar-refractivity contribution >= 4 is 5.91 Å². The molecule has 146 valence electrons. The lowest BCUT2D eigenvalue weighted by atomic mass is 9.97. The maximum Gasteiger partial charge on any atom is 0.241 e. The maximum atomic E-state index is 12.2. The van der Waals surface area contributed by atoms with E-state index in [9.17, 15) is 4.79 Å². The molecule has 7 heteroatoms. The number of ether oxygens (including phenoxy) is 2. The van der Waals surface area contributed by atoms with Crippen LogP contribution in [0.1, 0.15) is 30.0 Å². The number of hydrogen-bond acceptors (Lipinski definition) is 5. The summed E-state index contributed by atoms with van der Waals surface area (Å²) in [6, 6.07) is 7.78. The van der Waals surface area contributed by atoms with E-state index in [0.717, 1.165) is 30.8 Å². The Bertz CT molecular complexity index is 753. The number of nitrogens with one attached hydrogen (secondary N) is 2. The normalized spacial score (nSPS) is 16.7. The minimum atomic E-state index is -0.0479. The number of aromatic nitrogens is 2. The van der Waals surface area contributed by atoms with Gasteiger partial charge in [0.25, 0.3) is 0 Å². The van der Waals surface area contributed by atoms with Crippen molar-refractivity contribution in [3.8, 4) is 11.5 Å². The van der Waals surface area contributed by atoms with Crippen LogP contribution in [0, 0.1) is 0 Å². The fourth-order valence-corrected chi connectivity index (χ4v) is 3.48. The highest BCUT2D eigenvalue weighted by Crippen LogP contribution is 2.30. The summed E-state index contributed by atoms with van der Waals surface area (Å²) in [5.41, 5.74) is 2.07. The molecule has 27 heavy (non-hydrogen) atoms. The Kier molecular flexibility index (Phi) is 6.70. The second-order valence-electron chi connectivity index (χ2n) is 6.73. The first-order chi connectivity index (χ1) is 13.2. The molecule has 2 heterocycles. The van der Waals surface area contributed by atoms with Crippen LogP contribution in [0.25, 0.3) is 0 Å². The standard InChI is InChI=1S/C20H28N4O3/c1-26-18-7-3-5-15(20(18)27-2)8-11-22-19(25)14-24-12-9-17(23-24)16-6-4-10-21-13-16/h3,5,7,9,12,16,21H,4,6,8,10-11,13-14H2,1-2H3,(H,22,25)/t16-/m0/s1. The van der Waals surface area contributed by atoms with Gasteiger partial charge in [-0.2, -0.15) is 5.10 Å². The second-order valence-corrected chi connectivity index (χ2v) is 6.73. The van der Waals surface area contributed by atoms with Crippen LogP contribution < -0.4 is 20.1 Å². The summed E-state index contributed by atoms with van der Waals surface area (Å²) in [6.45, 7) is 2.81. The van der Waals surface area contributed by atoms with Crippen LogP contribution in [0.3, 0.4) is 0 Å². The van der Waals surface area contributed by atoms with Gasteiger partial charge >= 0.3 is 0 Å². The molecule has 1 saturated heterocycles. The number of para-hydroxylation sites is 1. The van der Waals surface area contributed by atoms with E-state index in [2.05, 4.69) is 15.7 Å². The minimum absolute atomic E-state index is 0.0479. The summed E-state index contributed by atoms with van der Waals surface area (Å²) < 4.78 is 12.4. The largest absolute Gasteiger partial charge is 0.493 e. The number of methoxy groups -OCH3 is 2. The molecular formula is C20H28N4O3. The molecule has 1 atom stereocenters. The van der Waals surface area contributed by atoms with Gasteiger partial charge in [0.15, 0.2) is 11.5 Å². The number of benzene rings is 1. The molecule has 1 aromatic heterocycles. The summed E-state index contributed by atoms with van der Waals surface area (Å²) in [5.74, 6) is 1.81. The Morgan fingerprint density at radius 2 is 2.22 bits per heavy atom. The van der Waals surface area contributed by atoms with E-state index in [4.69, 9.17) is 9.47 Å². The number of carbonyl (C=O) groups excluding carboxylic acids is 1. The highest BCUT2D eigenvalue weighted by atomic mass is 16.5. The van der Waals surface area contributed by atoms with Crippen LogP contribution in [0.15, 0.2) is 30.5 Å². The number of piperidine rings is 1. The van der Waals surface area contributed by atoms with Crippen molar-refractivity contribution in [3.05, 3.63) is 41.7 Å². The third-order valence-electron chi connectivity index (χ3n) is 4.88. The molecule has 1 aliphatic rings. The first-order valence-corrected chi connectivity index (χ1v) is 9.42. The van der Waals surface area contributed by atoms with E-state index < -0.39 is 0 Å². The fraction of sp³-hybridized carbons (Fsp3) is 0.500. The average molecular weight is 372 g/mol. The number of nitrogens with zero attached hydrogens (tertiary/aromatic N) is 2. The Morgan fingerprint density at radius 3 is 2.96 bits per heavy atom. The zero-order valence-electron chi connectivity index (χ0n) is 16.0. The van der Waals surface area contributed by atoms with Crippen LogP contribution in [0.5, 0.6) is 11.5 Å². The van der Waals surface area contributed by atoms with Crippen LogP contribution in [0.4, 0.5) is 0 Å². The van der Waals surface area contributed by atoms with E-state index in [0.29, 0.717) is 30.4 Å². The van der Waals surface area contributed by atoms with Crippen molar-refractivity contribution in [2.45, 2.75) is 31.7 Å². The molecule has 0 aliphatic carbocycles. The average Bonchev–Trinajstić information content (AvgIpc) is 3.16. The van der Waals surface area contributed by atoms with Crippen LogP contribution in [-0.4, -0.2) is 49.5 Å². The molecule has 1 amide bonds. The molecule has 0 radical (unpaired) electrons. The summed E-state index contributed by atoms with van der Waals surface area (Å²) in [4.78, 5) is 12.2. The first-order valence-electron chi connectivity index (χ1n) is 9.42. The molecule has 1 aliphatic heterocycles. The molecule has 0 unspecified atom stereocenters. The monoisotopic (exact) mass is 372 g/mol. The van der Waals surface area contributed by atoms with Gasteiger partial charge in [0.2, 0.25) is 5.91 Å². The van der Waals surface area contributed by atoms with Gasteiger partial charge in [-0.3, -0.25) is 9.48 Å². The van der Waals surface area contributed by atoms with Crippen LogP contribution in [0.2, 0.25) is 0 Å². The van der Waals surface area contributed by atoms with Gasteiger partial charge in [-0.05, 0) is 43.5 Å². The molecule has 2 N–H and O–H groups in total. The predicted molar refractivity (Wildman–Crippen MR) is 103 cm³/mol. The highest BCUT2D eigenvalue weighted by Gasteiger charge is 2.18. The Hall–Kier alpha value is -2.54. The van der Waals surface area contributed by atoms with Crippen LogP contribution in [-0.2, 0) is 17.8 Å². The summed E-state index contributed by atoms with van der Waals surface area (Å²) in [5, 5.41) is 10.9. The zero-order chi connectivity index (χ0) is 19.1. The molecule has 1 aromatic carbocycles. The zero-order valence-corrected chi connectivity index (χ0v) is 16.0. The summed E-state index contributed by atoms with van der Waals surface area (Å²) >= 11 is 0. The van der Waals surface area contributed by atoms with Gasteiger partial charge in [0.1, 0.15) is 6.54 Å². The van der Waals surface area contributed by atoms with Crippen molar-refractivity contribution in [2.24, 2.45) is 0 Å². The van der Waals surface area contributed by atoms with Crippen molar-refractivity contribution in [2.75, 3.05) is 33.9 Å². The number of hydrogen-bond donors (Lipinski definition) is 2. The minimum Gasteiger partial charge on any atom is -0.493 e. The Balaban J connectivity index is 1.48. The third-order valence-corrected chi connectivity index (χ3v) is 4.88. The van der Waals surface area contributed by atoms with E-state index >= 15 is 0 Å². The molecule has 0 spiro atoms. The number of rotatable bonds is 8. The Labute approximate surface area is 160 Å². The summed E-state index contributed by atoms with van der Waals surface area (Å²) in [6.07, 6.45) is 4.88. The molecule has 7 nitrogen and oxygen atoms in total. The summed E-state index contributed by atoms with van der Waals surface area (Å²) in [7, 11) is 3.24. The van der Waals surface area contributed by atoms with Crippen molar-refractivity contribution in [1.82, 2.24) is 20.4 Å². The van der Waals surface area contributed by atoms with E-state index in [1.54, 1.807) is 18.9 Å². The fourth-order valence-electron chi connectivity index (χ4n) is 3.48. The predicted octanol–water partition coefficient (Wildman–Crippen LogP) is 1.73. The first kappa shape index (κ1) is 19.2. The van der Waals surface area contributed by atoms with E-state index in [1.807, 2.05) is 30.5 Å². The quantitative estimate of drug-likeness (QED) is 0.738. The number of amides is 1. The van der Waals surface area contributed by atoms with Crippen molar-refractivity contribution < 1.29 is 14.3 Å². The lowest BCUT2D eigenvalue weighted by molar-refractivity contribution is -0.121. The highest BCUT2D eigenvalue weighted by molar-refractivity contribution is 5.75. The maximum absolute atomic E-state index is 12.2. The SMILES string of the molecule is COc1cccc(CCNC(=O)Cn2ccc([C@H]3CCCNC3)n2)c1OC. The van der Waals surface area contributed by atoms with Crippen molar-refractivity contribution in [1.29, 1.82) is 0 Å². The van der Waals surface area contributed by atoms with Gasteiger partial charge in [-0.15, -0.1) is 0 Å². The van der Waals surface area contributed by atoms with Gasteiger partial charge in [-0.1, -0.05) is 12.1 Å². The molecule has 0 bridgehead atoms. The third kappa shape index (κ3) is 5.01. The lowest BCUT2D eigenvalue weighted by Crippen LogP contribution is -2.30. The van der Waals surface area contributed by atoms with E-state index in [-0.39, 0.29) is 12.5 Å². The number of carbonyl (C=O) groups is 1. The molecule has 2 aromatic rings. The van der Waals surface area contributed by atoms with E-state index in [1.165, 1.54) is 6.42 Å². The van der Waals surface area contributed by atoms with Gasteiger partial charge in [0, 0.05) is 25.2 Å². The molecule has 3 rings (SSSR count). The molecule has 1 fully saturated rings. The topological polar surface area (TPSA) is 77.4 Å². The molecule has 0 saturated carbocycles. The Morgan fingerprint density at radius 1 is 1.33 bits per heavy atom. The second kappa shape index (κ2) is 9.41. The molecular weight excluding hydrogens is 344 g/mol. The lowest BCUT2D eigenvalue weighted by Gasteiger charge is -2.20. The van der Waals surface area contributed by atoms with Crippen molar-refractivity contribution in [3.63, 3.8) is 0 Å². The van der Waals surface area contributed by atoms with Gasteiger partial charge in [0.05, 0.1) is 19.9 Å². The van der Waals surface area contributed by atoms with Gasteiger partial charge < -0.3 is 20.1 Å². The van der Waals surface area contributed by atoms with Crippen LogP contribution >= 0.6 is 0 Å². The van der Waals surface area contributed by atoms with Gasteiger partial charge in [-0.25, -0.2) is 0 Å².